The summed E-state index contributed by atoms with van der Waals surface area (Å²) in [5.41, 5.74) is 5.71. The molecule has 0 aliphatic carbocycles. The predicted molar refractivity (Wildman–Crippen MR) is 90.2 cm³/mol. The Balaban J connectivity index is 2.40. The number of anilines is 1. The van der Waals surface area contributed by atoms with E-state index in [0.717, 1.165) is 0 Å². The fourth-order valence-electron chi connectivity index (χ4n) is 1.58. The Hall–Kier alpha value is -2.28. The van der Waals surface area contributed by atoms with Gasteiger partial charge in [0.05, 0.1) is 17.1 Å². The summed E-state index contributed by atoms with van der Waals surface area (Å²) in [4.78, 5) is 28.1. The Kier molecular flexibility index (Phi) is 6.84. The number of amides is 2. The van der Waals surface area contributed by atoms with Crippen molar-refractivity contribution < 1.29 is 14.4 Å². The average molecular weight is 341 g/mol. The van der Waals surface area contributed by atoms with Gasteiger partial charge in [-0.15, -0.1) is 0 Å². The second kappa shape index (κ2) is 8.38. The molecule has 1 aromatic rings. The molecule has 0 aliphatic rings. The molecular weight excluding hydrogens is 320 g/mol. The van der Waals surface area contributed by atoms with E-state index in [4.69, 9.17) is 22.2 Å². The quantitative estimate of drug-likeness (QED) is 0.417. The van der Waals surface area contributed by atoms with Crippen molar-refractivity contribution in [3.8, 4) is 0 Å². The Labute approximate surface area is 140 Å². The third-order valence-electron chi connectivity index (χ3n) is 2.38. The zero-order valence-corrected chi connectivity index (χ0v) is 14.1. The molecule has 0 aliphatic heterocycles. The first-order chi connectivity index (χ1) is 10.7. The molecule has 23 heavy (non-hydrogen) atoms. The van der Waals surface area contributed by atoms with Crippen LogP contribution in [-0.2, 0) is 14.4 Å². The topological polar surface area (TPSA) is 106 Å². The van der Waals surface area contributed by atoms with Crippen LogP contribution in [0.5, 0.6) is 0 Å². The van der Waals surface area contributed by atoms with Gasteiger partial charge in [-0.3, -0.25) is 9.59 Å². The first-order valence-corrected chi connectivity index (χ1v) is 7.35. The lowest BCUT2D eigenvalue weighted by Gasteiger charge is -2.19. The van der Waals surface area contributed by atoms with Crippen LogP contribution in [0.15, 0.2) is 29.4 Å². The molecule has 0 bridgehead atoms. The number of para-hydroxylation sites is 1. The summed E-state index contributed by atoms with van der Waals surface area (Å²) < 4.78 is 0. The van der Waals surface area contributed by atoms with Gasteiger partial charge in [0.15, 0.2) is 6.61 Å². The minimum absolute atomic E-state index is 0.0434. The molecule has 0 radical (unpaired) electrons. The van der Waals surface area contributed by atoms with Crippen molar-refractivity contribution in [2.75, 3.05) is 11.9 Å². The number of halogens is 1. The van der Waals surface area contributed by atoms with Crippen LogP contribution in [0.3, 0.4) is 0 Å². The SMILES string of the molecule is CC(C)(C)NC(=O)CO/N=C(/N)CC(=O)Nc1ccccc1Cl. The van der Waals surface area contributed by atoms with E-state index in [9.17, 15) is 9.59 Å². The van der Waals surface area contributed by atoms with E-state index >= 15 is 0 Å². The first-order valence-electron chi connectivity index (χ1n) is 6.97. The second-order valence-electron chi connectivity index (χ2n) is 5.86. The third-order valence-corrected chi connectivity index (χ3v) is 2.71. The second-order valence-corrected chi connectivity index (χ2v) is 6.27. The minimum atomic E-state index is -0.387. The monoisotopic (exact) mass is 340 g/mol. The van der Waals surface area contributed by atoms with Gasteiger partial charge in [-0.1, -0.05) is 28.9 Å². The number of amidine groups is 1. The summed E-state index contributed by atoms with van der Waals surface area (Å²) in [6.07, 6.45) is -0.174. The minimum Gasteiger partial charge on any atom is -0.384 e. The molecule has 1 rings (SSSR count). The summed E-state index contributed by atoms with van der Waals surface area (Å²) in [5, 5.41) is 9.27. The van der Waals surface area contributed by atoms with Crippen molar-refractivity contribution in [1.82, 2.24) is 5.32 Å². The third kappa shape index (κ3) is 8.06. The molecule has 0 saturated carbocycles. The van der Waals surface area contributed by atoms with E-state index < -0.39 is 0 Å². The van der Waals surface area contributed by atoms with Crippen LogP contribution in [0.2, 0.25) is 5.02 Å². The number of hydrogen-bond acceptors (Lipinski definition) is 4. The largest absolute Gasteiger partial charge is 0.384 e. The average Bonchev–Trinajstić information content (AvgIpc) is 2.39. The number of rotatable bonds is 6. The van der Waals surface area contributed by atoms with E-state index in [1.54, 1.807) is 24.3 Å². The molecule has 0 heterocycles. The first kappa shape index (κ1) is 18.8. The summed E-state index contributed by atoms with van der Waals surface area (Å²) in [5.74, 6) is -0.755. The van der Waals surface area contributed by atoms with Gasteiger partial charge in [-0.2, -0.15) is 0 Å². The molecule has 126 valence electrons. The fourth-order valence-corrected chi connectivity index (χ4v) is 1.76. The Bertz CT molecular complexity index is 597. The van der Waals surface area contributed by atoms with E-state index in [1.807, 2.05) is 20.8 Å². The maximum atomic E-state index is 11.8. The van der Waals surface area contributed by atoms with Crippen LogP contribution in [0.25, 0.3) is 0 Å². The number of nitrogens with two attached hydrogens (primary N) is 1. The highest BCUT2D eigenvalue weighted by Gasteiger charge is 2.14. The number of carbonyl (C=O) groups is 2. The lowest BCUT2D eigenvalue weighted by molar-refractivity contribution is -0.127. The van der Waals surface area contributed by atoms with Crippen LogP contribution in [0, 0.1) is 0 Å². The van der Waals surface area contributed by atoms with Gasteiger partial charge >= 0.3 is 0 Å². The summed E-state index contributed by atoms with van der Waals surface area (Å²) in [6.45, 7) is 5.27. The van der Waals surface area contributed by atoms with Crippen LogP contribution < -0.4 is 16.4 Å². The Morgan fingerprint density at radius 3 is 2.52 bits per heavy atom. The Morgan fingerprint density at radius 1 is 1.26 bits per heavy atom. The zero-order chi connectivity index (χ0) is 17.5. The highest BCUT2D eigenvalue weighted by molar-refractivity contribution is 6.33. The molecule has 0 atom stereocenters. The maximum Gasteiger partial charge on any atom is 0.261 e. The number of nitrogens with zero attached hydrogens (tertiary/aromatic N) is 1. The van der Waals surface area contributed by atoms with Crippen molar-refractivity contribution in [2.45, 2.75) is 32.7 Å². The fraction of sp³-hybridized carbons (Fsp3) is 0.400. The van der Waals surface area contributed by atoms with Gasteiger partial charge in [0.2, 0.25) is 5.91 Å². The van der Waals surface area contributed by atoms with E-state index in [-0.39, 0.29) is 36.2 Å². The van der Waals surface area contributed by atoms with Crippen LogP contribution in [0.1, 0.15) is 27.2 Å². The number of benzene rings is 1. The van der Waals surface area contributed by atoms with Crippen molar-refractivity contribution in [3.63, 3.8) is 0 Å². The summed E-state index contributed by atoms with van der Waals surface area (Å²) in [6, 6.07) is 6.83. The molecule has 0 saturated heterocycles. The summed E-state index contributed by atoms with van der Waals surface area (Å²) >= 11 is 5.93. The van der Waals surface area contributed by atoms with Gasteiger partial charge < -0.3 is 21.2 Å². The highest BCUT2D eigenvalue weighted by Crippen LogP contribution is 2.20. The number of carbonyl (C=O) groups excluding carboxylic acids is 2. The van der Waals surface area contributed by atoms with Crippen LogP contribution >= 0.6 is 11.6 Å². The lowest BCUT2D eigenvalue weighted by atomic mass is 10.1. The molecule has 8 heteroatoms. The van der Waals surface area contributed by atoms with E-state index in [1.165, 1.54) is 0 Å². The standard InChI is InChI=1S/C15H21ClN4O3/c1-15(2,3)19-14(22)9-23-20-12(17)8-13(21)18-11-7-5-4-6-10(11)16/h4-7H,8-9H2,1-3H3,(H2,17,20)(H,18,21)(H,19,22). The zero-order valence-electron chi connectivity index (χ0n) is 13.4. The van der Waals surface area contributed by atoms with Crippen molar-refractivity contribution in [1.29, 1.82) is 0 Å². The van der Waals surface area contributed by atoms with Crippen molar-refractivity contribution in [2.24, 2.45) is 10.9 Å². The van der Waals surface area contributed by atoms with Crippen molar-refractivity contribution in [3.05, 3.63) is 29.3 Å². The van der Waals surface area contributed by atoms with Gasteiger partial charge in [-0.05, 0) is 32.9 Å². The Morgan fingerprint density at radius 2 is 1.91 bits per heavy atom. The molecular formula is C15H21ClN4O3. The van der Waals surface area contributed by atoms with Crippen LogP contribution in [-0.4, -0.2) is 29.8 Å². The normalized spacial score (nSPS) is 11.7. The summed E-state index contributed by atoms with van der Waals surface area (Å²) in [7, 11) is 0. The molecule has 0 fully saturated rings. The molecule has 0 aromatic heterocycles. The molecule has 1 aromatic carbocycles. The number of hydrogen-bond donors (Lipinski definition) is 3. The van der Waals surface area contributed by atoms with Gasteiger partial charge in [0.1, 0.15) is 5.84 Å². The van der Waals surface area contributed by atoms with Crippen molar-refractivity contribution >= 4 is 34.9 Å². The van der Waals surface area contributed by atoms with Gasteiger partial charge in [0.25, 0.3) is 5.91 Å². The molecule has 7 nitrogen and oxygen atoms in total. The van der Waals surface area contributed by atoms with E-state index in [0.29, 0.717) is 10.7 Å². The predicted octanol–water partition coefficient (Wildman–Crippen LogP) is 1.87. The van der Waals surface area contributed by atoms with Gasteiger partial charge in [0, 0.05) is 5.54 Å². The molecule has 2 amide bonds. The van der Waals surface area contributed by atoms with Crippen LogP contribution in [0.4, 0.5) is 5.69 Å². The lowest BCUT2D eigenvalue weighted by Crippen LogP contribution is -2.42. The number of nitrogens with one attached hydrogen (secondary N) is 2. The molecule has 4 N–H and O–H groups in total. The van der Waals surface area contributed by atoms with Gasteiger partial charge in [-0.25, -0.2) is 0 Å². The smallest absolute Gasteiger partial charge is 0.261 e. The maximum absolute atomic E-state index is 11.8. The molecule has 0 spiro atoms. The number of oxime groups is 1. The van der Waals surface area contributed by atoms with E-state index in [2.05, 4.69) is 15.8 Å². The molecule has 0 unspecified atom stereocenters. The highest BCUT2D eigenvalue weighted by atomic mass is 35.5.